The third kappa shape index (κ3) is 3.65. The molecule has 0 aliphatic carbocycles. The van der Waals surface area contributed by atoms with Crippen LogP contribution in [-0.4, -0.2) is 21.6 Å². The van der Waals surface area contributed by atoms with Crippen LogP contribution in [0.15, 0.2) is 18.2 Å². The number of amides is 1. The molecule has 0 spiro atoms. The summed E-state index contributed by atoms with van der Waals surface area (Å²) in [5.41, 5.74) is 12.9. The molecule has 0 aliphatic rings. The first-order chi connectivity index (χ1) is 9.99. The second kappa shape index (κ2) is 6.47. The molecule has 0 aliphatic heterocycles. The fourth-order valence-electron chi connectivity index (χ4n) is 2.29. The quantitative estimate of drug-likeness (QED) is 0.763. The molecule has 21 heavy (non-hydrogen) atoms. The molecule has 4 N–H and O–H groups in total. The highest BCUT2D eigenvalue weighted by Gasteiger charge is 2.13. The van der Waals surface area contributed by atoms with Crippen molar-refractivity contribution in [3.63, 3.8) is 0 Å². The Kier molecular flexibility index (Phi) is 4.67. The third-order valence-electron chi connectivity index (χ3n) is 3.19. The fourth-order valence-corrected chi connectivity index (χ4v) is 2.29. The van der Waals surface area contributed by atoms with Gasteiger partial charge in [-0.05, 0) is 38.8 Å². The zero-order valence-corrected chi connectivity index (χ0v) is 12.5. The maximum absolute atomic E-state index is 10.7. The molecule has 1 amide bonds. The number of aromatic nitrogens is 2. The second-order valence-corrected chi connectivity index (χ2v) is 5.34. The van der Waals surface area contributed by atoms with E-state index in [4.69, 9.17) is 16.2 Å². The number of benzene rings is 1. The number of primary amides is 1. The van der Waals surface area contributed by atoms with Gasteiger partial charge in [-0.15, -0.1) is 0 Å². The molecule has 6 heteroatoms. The summed E-state index contributed by atoms with van der Waals surface area (Å²) in [6, 6.07) is 5.80. The van der Waals surface area contributed by atoms with Crippen molar-refractivity contribution < 1.29 is 9.53 Å². The Morgan fingerprint density at radius 2 is 2.14 bits per heavy atom. The maximum Gasteiger partial charge on any atom is 0.217 e. The number of anilines is 1. The van der Waals surface area contributed by atoms with Gasteiger partial charge in [0.1, 0.15) is 11.3 Å². The number of unbranched alkanes of at least 4 members (excludes halogenated alkanes) is 1. The summed E-state index contributed by atoms with van der Waals surface area (Å²) < 4.78 is 7.71. The van der Waals surface area contributed by atoms with Crippen molar-refractivity contribution in [2.45, 2.75) is 45.8 Å². The van der Waals surface area contributed by atoms with Crippen LogP contribution >= 0.6 is 0 Å². The lowest BCUT2D eigenvalue weighted by molar-refractivity contribution is -0.118. The van der Waals surface area contributed by atoms with Gasteiger partial charge < -0.3 is 20.8 Å². The number of nitrogens with two attached hydrogens (primary N) is 2. The van der Waals surface area contributed by atoms with E-state index in [2.05, 4.69) is 4.98 Å². The highest BCUT2D eigenvalue weighted by atomic mass is 16.5. The summed E-state index contributed by atoms with van der Waals surface area (Å²) in [6.45, 7) is 4.66. The summed E-state index contributed by atoms with van der Waals surface area (Å²) in [5, 5.41) is 0. The van der Waals surface area contributed by atoms with Crippen molar-refractivity contribution in [2.75, 3.05) is 5.73 Å². The molecule has 114 valence electrons. The zero-order valence-electron chi connectivity index (χ0n) is 12.5. The second-order valence-electron chi connectivity index (χ2n) is 5.34. The normalized spacial score (nSPS) is 11.2. The number of hydrogen-bond acceptors (Lipinski definition) is 4. The predicted octanol–water partition coefficient (Wildman–Crippen LogP) is 2.06. The van der Waals surface area contributed by atoms with Crippen LogP contribution in [0.25, 0.3) is 11.0 Å². The van der Waals surface area contributed by atoms with E-state index in [1.165, 1.54) is 0 Å². The first-order valence-corrected chi connectivity index (χ1v) is 7.18. The van der Waals surface area contributed by atoms with Gasteiger partial charge in [-0.25, -0.2) is 4.98 Å². The molecule has 0 saturated heterocycles. The minimum absolute atomic E-state index is 0.0811. The number of carbonyl (C=O) groups excluding carboxylic acids is 1. The molecule has 0 unspecified atom stereocenters. The fraction of sp³-hybridized carbons (Fsp3) is 0.467. The van der Waals surface area contributed by atoms with Crippen LogP contribution in [0.1, 0.15) is 33.1 Å². The molecule has 0 bridgehead atoms. The number of aryl methyl sites for hydroxylation is 1. The van der Waals surface area contributed by atoms with Crippen molar-refractivity contribution >= 4 is 22.9 Å². The Bertz CT molecular complexity index is 634. The van der Waals surface area contributed by atoms with Crippen LogP contribution in [0.3, 0.4) is 0 Å². The van der Waals surface area contributed by atoms with Crippen LogP contribution < -0.4 is 16.2 Å². The smallest absolute Gasteiger partial charge is 0.217 e. The van der Waals surface area contributed by atoms with Crippen molar-refractivity contribution in [3.05, 3.63) is 18.2 Å². The molecule has 6 nitrogen and oxygen atoms in total. The van der Waals surface area contributed by atoms with E-state index in [1.54, 1.807) is 0 Å². The summed E-state index contributed by atoms with van der Waals surface area (Å²) >= 11 is 0. The molecule has 0 radical (unpaired) electrons. The number of para-hydroxylation sites is 1. The van der Waals surface area contributed by atoms with Crippen molar-refractivity contribution in [1.82, 2.24) is 9.55 Å². The largest absolute Gasteiger partial charge is 0.489 e. The molecule has 0 atom stereocenters. The summed E-state index contributed by atoms with van der Waals surface area (Å²) in [5.74, 6) is 0.931. The average molecular weight is 290 g/mol. The van der Waals surface area contributed by atoms with Gasteiger partial charge in [0.05, 0.1) is 11.6 Å². The number of carbonyl (C=O) groups is 1. The van der Waals surface area contributed by atoms with Crippen LogP contribution in [0, 0.1) is 0 Å². The Hall–Kier alpha value is -2.24. The number of nitrogens with zero attached hydrogens (tertiary/aromatic N) is 2. The van der Waals surface area contributed by atoms with E-state index in [9.17, 15) is 4.79 Å². The first kappa shape index (κ1) is 15.2. The zero-order chi connectivity index (χ0) is 15.4. The lowest BCUT2D eigenvalue weighted by Gasteiger charge is -2.10. The average Bonchev–Trinajstić information content (AvgIpc) is 2.71. The number of rotatable bonds is 7. The number of nitrogen functional groups attached to an aromatic ring is 1. The van der Waals surface area contributed by atoms with Gasteiger partial charge in [-0.3, -0.25) is 4.79 Å². The molecular weight excluding hydrogens is 268 g/mol. The van der Waals surface area contributed by atoms with E-state index >= 15 is 0 Å². The number of imidazole rings is 1. The Morgan fingerprint density at radius 1 is 1.38 bits per heavy atom. The van der Waals surface area contributed by atoms with Crippen molar-refractivity contribution in [3.8, 4) is 5.75 Å². The van der Waals surface area contributed by atoms with E-state index in [0.717, 1.165) is 29.6 Å². The van der Waals surface area contributed by atoms with E-state index in [1.807, 2.05) is 36.6 Å². The van der Waals surface area contributed by atoms with Gasteiger partial charge in [0.15, 0.2) is 0 Å². The molecular formula is C15H22N4O2. The molecule has 1 aromatic heterocycles. The minimum atomic E-state index is -0.272. The third-order valence-corrected chi connectivity index (χ3v) is 3.19. The van der Waals surface area contributed by atoms with Crippen molar-refractivity contribution in [1.29, 1.82) is 0 Å². The van der Waals surface area contributed by atoms with Crippen molar-refractivity contribution in [2.24, 2.45) is 5.73 Å². The van der Waals surface area contributed by atoms with Crippen LogP contribution in [0.4, 0.5) is 5.95 Å². The topological polar surface area (TPSA) is 96.2 Å². The molecule has 0 saturated carbocycles. The summed E-state index contributed by atoms with van der Waals surface area (Å²) in [4.78, 5) is 15.2. The van der Waals surface area contributed by atoms with Gasteiger partial charge in [0.25, 0.3) is 0 Å². The molecule has 2 aromatic rings. The molecule has 0 fully saturated rings. The lowest BCUT2D eigenvalue weighted by Crippen LogP contribution is -2.10. The van der Waals surface area contributed by atoms with Gasteiger partial charge in [-0.2, -0.15) is 0 Å². The number of ether oxygens (including phenoxy) is 1. The van der Waals surface area contributed by atoms with Crippen LogP contribution in [0.5, 0.6) is 5.75 Å². The Morgan fingerprint density at radius 3 is 2.81 bits per heavy atom. The van der Waals surface area contributed by atoms with Gasteiger partial charge in [-0.1, -0.05) is 6.07 Å². The number of fused-ring (bicyclic) bond motifs is 1. The molecule has 1 heterocycles. The highest BCUT2D eigenvalue weighted by Crippen LogP contribution is 2.28. The lowest BCUT2D eigenvalue weighted by atomic mass is 10.2. The SMILES string of the molecule is CC(C)Oc1cccc2c1nc(N)n2CCCCC(N)=O. The Labute approximate surface area is 124 Å². The Balaban J connectivity index is 2.20. The van der Waals surface area contributed by atoms with E-state index in [0.29, 0.717) is 18.9 Å². The van der Waals surface area contributed by atoms with Crippen LogP contribution in [-0.2, 0) is 11.3 Å². The van der Waals surface area contributed by atoms with Gasteiger partial charge in [0.2, 0.25) is 11.9 Å². The summed E-state index contributed by atoms with van der Waals surface area (Å²) in [6.07, 6.45) is 2.05. The maximum atomic E-state index is 10.7. The predicted molar refractivity (Wildman–Crippen MR) is 83.0 cm³/mol. The first-order valence-electron chi connectivity index (χ1n) is 7.18. The molecule has 2 rings (SSSR count). The highest BCUT2D eigenvalue weighted by molar-refractivity contribution is 5.84. The van der Waals surface area contributed by atoms with E-state index in [-0.39, 0.29) is 12.0 Å². The summed E-state index contributed by atoms with van der Waals surface area (Å²) in [7, 11) is 0. The number of hydrogen-bond donors (Lipinski definition) is 2. The molecule has 1 aromatic carbocycles. The minimum Gasteiger partial charge on any atom is -0.489 e. The van der Waals surface area contributed by atoms with Crippen LogP contribution in [0.2, 0.25) is 0 Å². The van der Waals surface area contributed by atoms with Gasteiger partial charge >= 0.3 is 0 Å². The monoisotopic (exact) mass is 290 g/mol. The van der Waals surface area contributed by atoms with Gasteiger partial charge in [0, 0.05) is 13.0 Å². The standard InChI is InChI=1S/C15H22N4O2/c1-10(2)21-12-7-5-6-11-14(12)18-15(17)19(11)9-4-3-8-13(16)20/h5-7,10H,3-4,8-9H2,1-2H3,(H2,16,20)(H2,17,18). The van der Waals surface area contributed by atoms with E-state index < -0.39 is 0 Å².